The van der Waals surface area contributed by atoms with Gasteiger partial charge in [-0.2, -0.15) is 0 Å². The van der Waals surface area contributed by atoms with Gasteiger partial charge in [-0.1, -0.05) is 0 Å². The third kappa shape index (κ3) is 2.84. The third-order valence-corrected chi connectivity index (χ3v) is 3.30. The fraction of sp³-hybridized carbons (Fsp3) is 0.417. The van der Waals surface area contributed by atoms with Crippen molar-refractivity contribution in [2.45, 2.75) is 13.0 Å². The number of rotatable bonds is 1. The molecule has 0 spiro atoms. The second kappa shape index (κ2) is 5.14. The maximum Gasteiger partial charge on any atom is 0.254 e. The van der Waals surface area contributed by atoms with Crippen molar-refractivity contribution in [3.05, 3.63) is 34.1 Å². The summed E-state index contributed by atoms with van der Waals surface area (Å²) in [7, 11) is 0. The van der Waals surface area contributed by atoms with Gasteiger partial charge < -0.3 is 9.64 Å². The first kappa shape index (κ1) is 12.5. The van der Waals surface area contributed by atoms with E-state index >= 15 is 0 Å². The Labute approximate surface area is 108 Å². The van der Waals surface area contributed by atoms with Crippen LogP contribution < -0.4 is 0 Å². The van der Waals surface area contributed by atoms with Gasteiger partial charge in [-0.25, -0.2) is 4.39 Å². The Morgan fingerprint density at radius 3 is 3.00 bits per heavy atom. The first-order valence-corrected chi connectivity index (χ1v) is 6.23. The van der Waals surface area contributed by atoms with Crippen LogP contribution in [0.1, 0.15) is 17.3 Å². The number of nitrogens with zero attached hydrogens (tertiary/aromatic N) is 1. The van der Waals surface area contributed by atoms with Gasteiger partial charge in [-0.15, -0.1) is 0 Å². The van der Waals surface area contributed by atoms with Gasteiger partial charge in [0.15, 0.2) is 0 Å². The van der Waals surface area contributed by atoms with Gasteiger partial charge in [-0.05, 0) is 41.1 Å². The van der Waals surface area contributed by atoms with Crippen molar-refractivity contribution < 1.29 is 13.9 Å². The van der Waals surface area contributed by atoms with Crippen LogP contribution in [-0.2, 0) is 4.74 Å². The fourth-order valence-corrected chi connectivity index (χ4v) is 2.19. The lowest BCUT2D eigenvalue weighted by molar-refractivity contribution is -0.0124. The molecule has 0 aliphatic carbocycles. The van der Waals surface area contributed by atoms with Crippen LogP contribution in [0.5, 0.6) is 0 Å². The largest absolute Gasteiger partial charge is 0.375 e. The molecule has 5 heteroatoms. The number of halogens is 2. The molecule has 2 rings (SSSR count). The van der Waals surface area contributed by atoms with Crippen molar-refractivity contribution in [2.75, 3.05) is 19.7 Å². The van der Waals surface area contributed by atoms with Gasteiger partial charge in [0, 0.05) is 18.7 Å². The van der Waals surface area contributed by atoms with E-state index in [0.29, 0.717) is 29.7 Å². The molecule has 1 heterocycles. The number of morpholine rings is 1. The van der Waals surface area contributed by atoms with E-state index in [2.05, 4.69) is 15.9 Å². The van der Waals surface area contributed by atoms with Crippen molar-refractivity contribution in [1.29, 1.82) is 0 Å². The van der Waals surface area contributed by atoms with Crippen molar-refractivity contribution in [1.82, 2.24) is 4.90 Å². The van der Waals surface area contributed by atoms with E-state index in [-0.39, 0.29) is 17.8 Å². The summed E-state index contributed by atoms with van der Waals surface area (Å²) >= 11 is 3.08. The van der Waals surface area contributed by atoms with Gasteiger partial charge in [0.1, 0.15) is 5.82 Å². The number of benzene rings is 1. The van der Waals surface area contributed by atoms with E-state index in [1.165, 1.54) is 18.2 Å². The zero-order chi connectivity index (χ0) is 12.4. The number of carbonyl (C=O) groups is 1. The Morgan fingerprint density at radius 2 is 2.35 bits per heavy atom. The molecule has 1 amide bonds. The quantitative estimate of drug-likeness (QED) is 0.797. The van der Waals surface area contributed by atoms with Crippen LogP contribution in [0.25, 0.3) is 0 Å². The van der Waals surface area contributed by atoms with Crippen LogP contribution in [-0.4, -0.2) is 36.6 Å². The first-order chi connectivity index (χ1) is 8.08. The highest BCUT2D eigenvalue weighted by atomic mass is 79.9. The maximum absolute atomic E-state index is 13.1. The van der Waals surface area contributed by atoms with Crippen LogP contribution in [0.4, 0.5) is 4.39 Å². The zero-order valence-corrected chi connectivity index (χ0v) is 11.0. The molecule has 1 aromatic carbocycles. The van der Waals surface area contributed by atoms with Crippen LogP contribution in [0.3, 0.4) is 0 Å². The summed E-state index contributed by atoms with van der Waals surface area (Å²) in [4.78, 5) is 13.9. The average Bonchev–Trinajstić information content (AvgIpc) is 2.32. The predicted octanol–water partition coefficient (Wildman–Crippen LogP) is 2.45. The second-order valence-corrected chi connectivity index (χ2v) is 4.92. The van der Waals surface area contributed by atoms with Crippen LogP contribution >= 0.6 is 15.9 Å². The van der Waals surface area contributed by atoms with E-state index in [1.807, 2.05) is 6.92 Å². The lowest BCUT2D eigenvalue weighted by atomic mass is 10.1. The van der Waals surface area contributed by atoms with E-state index in [9.17, 15) is 9.18 Å². The molecular weight excluding hydrogens is 289 g/mol. The van der Waals surface area contributed by atoms with E-state index in [0.717, 1.165) is 0 Å². The number of amides is 1. The smallest absolute Gasteiger partial charge is 0.254 e. The molecule has 0 aromatic heterocycles. The average molecular weight is 302 g/mol. The Balaban J connectivity index is 2.15. The summed E-state index contributed by atoms with van der Waals surface area (Å²) < 4.78 is 18.8. The Bertz CT molecular complexity index is 439. The lowest BCUT2D eigenvalue weighted by Crippen LogP contribution is -2.44. The van der Waals surface area contributed by atoms with E-state index in [4.69, 9.17) is 4.74 Å². The van der Waals surface area contributed by atoms with Crippen molar-refractivity contribution in [2.24, 2.45) is 0 Å². The third-order valence-electron chi connectivity index (χ3n) is 2.69. The van der Waals surface area contributed by atoms with Crippen molar-refractivity contribution >= 4 is 21.8 Å². The molecule has 17 heavy (non-hydrogen) atoms. The number of carbonyl (C=O) groups excluding carboxylic acids is 1. The fourth-order valence-electron chi connectivity index (χ4n) is 1.81. The second-order valence-electron chi connectivity index (χ2n) is 4.06. The van der Waals surface area contributed by atoms with Crippen molar-refractivity contribution in [3.8, 4) is 0 Å². The monoisotopic (exact) mass is 301 g/mol. The summed E-state index contributed by atoms with van der Waals surface area (Å²) in [5, 5.41) is 0. The zero-order valence-electron chi connectivity index (χ0n) is 9.45. The summed E-state index contributed by atoms with van der Waals surface area (Å²) in [6.07, 6.45) is 0.0524. The molecule has 0 N–H and O–H groups in total. The number of ether oxygens (including phenoxy) is 1. The van der Waals surface area contributed by atoms with Gasteiger partial charge in [0.2, 0.25) is 0 Å². The molecule has 1 aliphatic heterocycles. The summed E-state index contributed by atoms with van der Waals surface area (Å²) in [5.74, 6) is -0.447. The topological polar surface area (TPSA) is 29.5 Å². The SMILES string of the molecule is CC1CN(C(=O)c2ccc(F)c(Br)c2)CCO1. The molecule has 3 nitrogen and oxygen atoms in total. The Morgan fingerprint density at radius 1 is 1.59 bits per heavy atom. The summed E-state index contributed by atoms with van der Waals surface area (Å²) in [6.45, 7) is 3.64. The minimum Gasteiger partial charge on any atom is -0.375 e. The summed E-state index contributed by atoms with van der Waals surface area (Å²) in [6, 6.07) is 4.31. The van der Waals surface area contributed by atoms with E-state index in [1.54, 1.807) is 4.90 Å². The number of hydrogen-bond acceptors (Lipinski definition) is 2. The van der Waals surface area contributed by atoms with Crippen LogP contribution in [0.2, 0.25) is 0 Å². The highest BCUT2D eigenvalue weighted by Gasteiger charge is 2.22. The molecule has 1 atom stereocenters. The minimum atomic E-state index is -0.364. The summed E-state index contributed by atoms with van der Waals surface area (Å²) in [5.41, 5.74) is 0.493. The molecular formula is C12H13BrFNO2. The van der Waals surface area contributed by atoms with Gasteiger partial charge in [0.05, 0.1) is 17.2 Å². The van der Waals surface area contributed by atoms with Crippen LogP contribution in [0.15, 0.2) is 22.7 Å². The first-order valence-electron chi connectivity index (χ1n) is 5.44. The van der Waals surface area contributed by atoms with Gasteiger partial charge >= 0.3 is 0 Å². The maximum atomic E-state index is 13.1. The van der Waals surface area contributed by atoms with Gasteiger partial charge in [-0.3, -0.25) is 4.79 Å². The van der Waals surface area contributed by atoms with E-state index < -0.39 is 0 Å². The highest BCUT2D eigenvalue weighted by molar-refractivity contribution is 9.10. The number of hydrogen-bond donors (Lipinski definition) is 0. The predicted molar refractivity (Wildman–Crippen MR) is 65.4 cm³/mol. The molecule has 1 aromatic rings. The molecule has 1 fully saturated rings. The molecule has 0 saturated carbocycles. The van der Waals surface area contributed by atoms with Crippen molar-refractivity contribution in [3.63, 3.8) is 0 Å². The highest BCUT2D eigenvalue weighted by Crippen LogP contribution is 2.18. The molecule has 1 aliphatic rings. The Hall–Kier alpha value is -0.940. The lowest BCUT2D eigenvalue weighted by Gasteiger charge is -2.31. The van der Waals surface area contributed by atoms with Crippen LogP contribution in [0, 0.1) is 5.82 Å². The van der Waals surface area contributed by atoms with Gasteiger partial charge in [0.25, 0.3) is 5.91 Å². The molecule has 92 valence electrons. The normalized spacial score (nSPS) is 20.4. The minimum absolute atomic E-state index is 0.0524. The molecule has 0 radical (unpaired) electrons. The standard InChI is InChI=1S/C12H13BrFNO2/c1-8-7-15(4-5-17-8)12(16)9-2-3-11(14)10(13)6-9/h2-3,6,8H,4-5,7H2,1H3. The Kier molecular flexibility index (Phi) is 3.79. The molecule has 1 unspecified atom stereocenters. The molecule has 0 bridgehead atoms. The molecule has 1 saturated heterocycles.